The molecular weight excluding hydrogens is 192 g/mol. The molecule has 1 aromatic heterocycles. The molecule has 0 aromatic carbocycles. The number of aromatic nitrogens is 1. The first-order valence-corrected chi connectivity index (χ1v) is 5.03. The Hall–Kier alpha value is -1.13. The summed E-state index contributed by atoms with van der Waals surface area (Å²) in [6.45, 7) is 1.91. The third-order valence-electron chi connectivity index (χ3n) is 2.91. The quantitative estimate of drug-likeness (QED) is 0.751. The molecule has 0 radical (unpaired) electrons. The first-order chi connectivity index (χ1) is 7.03. The van der Waals surface area contributed by atoms with Gasteiger partial charge in [0, 0.05) is 17.3 Å². The maximum atomic E-state index is 9.31. The fourth-order valence-corrected chi connectivity index (χ4v) is 2.05. The largest absolute Gasteiger partial charge is 0.481 e. The van der Waals surface area contributed by atoms with E-state index in [1.807, 2.05) is 19.1 Å². The molecule has 1 fully saturated rings. The number of ether oxygens (including phenoxy) is 1. The summed E-state index contributed by atoms with van der Waals surface area (Å²) in [6, 6.07) is 3.80. The Labute approximate surface area is 89.1 Å². The second kappa shape index (κ2) is 3.47. The van der Waals surface area contributed by atoms with Crippen LogP contribution in [-0.2, 0) is 5.54 Å². The van der Waals surface area contributed by atoms with Gasteiger partial charge in [-0.1, -0.05) is 0 Å². The number of aliphatic hydroxyl groups excluding tert-OH is 1. The summed E-state index contributed by atoms with van der Waals surface area (Å²) in [5.41, 5.74) is 7.64. The molecule has 1 saturated carbocycles. The standard InChI is InChI=1S/C11H16N2O2/c1-7-3-8(4-10(13-7)15-2)11(12)5-9(14)6-11/h3-4,9,14H,5-6,12H2,1-2H3. The van der Waals surface area contributed by atoms with Gasteiger partial charge in [-0.15, -0.1) is 0 Å². The fourth-order valence-electron chi connectivity index (χ4n) is 2.05. The summed E-state index contributed by atoms with van der Waals surface area (Å²) >= 11 is 0. The van der Waals surface area contributed by atoms with Gasteiger partial charge in [-0.3, -0.25) is 0 Å². The molecule has 1 aliphatic rings. The average Bonchev–Trinajstić information content (AvgIpc) is 2.14. The molecule has 0 unspecified atom stereocenters. The highest BCUT2D eigenvalue weighted by Gasteiger charge is 2.41. The minimum Gasteiger partial charge on any atom is -0.481 e. The Kier molecular flexibility index (Phi) is 2.40. The van der Waals surface area contributed by atoms with Crippen molar-refractivity contribution in [1.82, 2.24) is 4.98 Å². The molecule has 1 aromatic rings. The zero-order valence-electron chi connectivity index (χ0n) is 9.03. The monoisotopic (exact) mass is 208 g/mol. The lowest BCUT2D eigenvalue weighted by Crippen LogP contribution is -2.51. The zero-order chi connectivity index (χ0) is 11.1. The number of pyridine rings is 1. The smallest absolute Gasteiger partial charge is 0.213 e. The van der Waals surface area contributed by atoms with Gasteiger partial charge in [0.25, 0.3) is 0 Å². The van der Waals surface area contributed by atoms with Gasteiger partial charge in [-0.25, -0.2) is 4.98 Å². The SMILES string of the molecule is COc1cc(C2(N)CC(O)C2)cc(C)n1. The first kappa shape index (κ1) is 10.4. The van der Waals surface area contributed by atoms with E-state index in [4.69, 9.17) is 10.5 Å². The van der Waals surface area contributed by atoms with Gasteiger partial charge in [0.1, 0.15) is 0 Å². The molecule has 15 heavy (non-hydrogen) atoms. The van der Waals surface area contributed by atoms with Crippen LogP contribution in [0.2, 0.25) is 0 Å². The Balaban J connectivity index is 2.32. The number of aryl methyl sites for hydroxylation is 1. The number of nitrogens with two attached hydrogens (primary N) is 1. The normalized spacial score (nSPS) is 29.7. The maximum absolute atomic E-state index is 9.31. The van der Waals surface area contributed by atoms with Gasteiger partial charge in [0.15, 0.2) is 0 Å². The zero-order valence-corrected chi connectivity index (χ0v) is 9.03. The van der Waals surface area contributed by atoms with Gasteiger partial charge in [-0.05, 0) is 31.4 Å². The Morgan fingerprint density at radius 1 is 1.53 bits per heavy atom. The summed E-state index contributed by atoms with van der Waals surface area (Å²) in [4.78, 5) is 4.20. The molecular formula is C11H16N2O2. The van der Waals surface area contributed by atoms with Gasteiger partial charge >= 0.3 is 0 Å². The molecule has 0 spiro atoms. The van der Waals surface area contributed by atoms with E-state index in [1.165, 1.54) is 0 Å². The Bertz CT molecular complexity index is 373. The highest BCUT2D eigenvalue weighted by atomic mass is 16.5. The van der Waals surface area contributed by atoms with Crippen LogP contribution in [0.4, 0.5) is 0 Å². The van der Waals surface area contributed by atoms with Crippen molar-refractivity contribution in [1.29, 1.82) is 0 Å². The van der Waals surface area contributed by atoms with Crippen LogP contribution in [0.5, 0.6) is 5.88 Å². The molecule has 0 saturated heterocycles. The second-order valence-electron chi connectivity index (χ2n) is 4.26. The predicted octanol–water partition coefficient (Wildman–Crippen LogP) is 0.707. The number of hydrogen-bond donors (Lipinski definition) is 2. The number of methoxy groups -OCH3 is 1. The molecule has 0 amide bonds. The molecule has 82 valence electrons. The molecule has 1 aliphatic carbocycles. The predicted molar refractivity (Wildman–Crippen MR) is 56.6 cm³/mol. The van der Waals surface area contributed by atoms with E-state index >= 15 is 0 Å². The van der Waals surface area contributed by atoms with Crippen LogP contribution < -0.4 is 10.5 Å². The number of rotatable bonds is 2. The van der Waals surface area contributed by atoms with Crippen molar-refractivity contribution < 1.29 is 9.84 Å². The molecule has 0 atom stereocenters. The number of aliphatic hydroxyl groups is 1. The molecule has 3 N–H and O–H groups in total. The third kappa shape index (κ3) is 1.82. The third-order valence-corrected chi connectivity index (χ3v) is 2.91. The lowest BCUT2D eigenvalue weighted by atomic mass is 9.71. The molecule has 0 bridgehead atoms. The Morgan fingerprint density at radius 2 is 2.20 bits per heavy atom. The highest BCUT2D eigenvalue weighted by Crippen LogP contribution is 2.39. The van der Waals surface area contributed by atoms with Crippen molar-refractivity contribution in [2.24, 2.45) is 5.73 Å². The maximum Gasteiger partial charge on any atom is 0.213 e. The van der Waals surface area contributed by atoms with E-state index in [9.17, 15) is 5.11 Å². The van der Waals surface area contributed by atoms with Crippen molar-refractivity contribution in [3.8, 4) is 5.88 Å². The first-order valence-electron chi connectivity index (χ1n) is 5.03. The van der Waals surface area contributed by atoms with Gasteiger partial charge < -0.3 is 15.6 Å². The van der Waals surface area contributed by atoms with E-state index in [-0.39, 0.29) is 6.10 Å². The lowest BCUT2D eigenvalue weighted by Gasteiger charge is -2.42. The van der Waals surface area contributed by atoms with Crippen molar-refractivity contribution in [2.45, 2.75) is 31.4 Å². The fraction of sp³-hybridized carbons (Fsp3) is 0.545. The Morgan fingerprint density at radius 3 is 2.73 bits per heavy atom. The summed E-state index contributed by atoms with van der Waals surface area (Å²) in [7, 11) is 1.59. The van der Waals surface area contributed by atoms with E-state index in [0.29, 0.717) is 18.7 Å². The topological polar surface area (TPSA) is 68.4 Å². The molecule has 4 nitrogen and oxygen atoms in total. The van der Waals surface area contributed by atoms with Crippen LogP contribution in [0, 0.1) is 6.92 Å². The minimum absolute atomic E-state index is 0.269. The summed E-state index contributed by atoms with van der Waals surface area (Å²) in [5, 5.41) is 9.31. The summed E-state index contributed by atoms with van der Waals surface area (Å²) < 4.78 is 5.10. The van der Waals surface area contributed by atoms with E-state index in [2.05, 4.69) is 4.98 Å². The van der Waals surface area contributed by atoms with Crippen LogP contribution in [0.1, 0.15) is 24.1 Å². The number of hydrogen-bond acceptors (Lipinski definition) is 4. The lowest BCUT2D eigenvalue weighted by molar-refractivity contribution is 0.0207. The molecule has 4 heteroatoms. The van der Waals surface area contributed by atoms with E-state index in [0.717, 1.165) is 11.3 Å². The van der Waals surface area contributed by atoms with Gasteiger partial charge in [0.2, 0.25) is 5.88 Å². The molecule has 0 aliphatic heterocycles. The van der Waals surface area contributed by atoms with Crippen LogP contribution in [0.25, 0.3) is 0 Å². The van der Waals surface area contributed by atoms with Gasteiger partial charge in [0.05, 0.1) is 13.2 Å². The van der Waals surface area contributed by atoms with Crippen LogP contribution in [0.3, 0.4) is 0 Å². The average molecular weight is 208 g/mol. The number of nitrogens with zero attached hydrogens (tertiary/aromatic N) is 1. The summed E-state index contributed by atoms with van der Waals surface area (Å²) in [5.74, 6) is 0.580. The van der Waals surface area contributed by atoms with E-state index < -0.39 is 5.54 Å². The van der Waals surface area contributed by atoms with Gasteiger partial charge in [-0.2, -0.15) is 0 Å². The van der Waals surface area contributed by atoms with Crippen molar-refractivity contribution >= 4 is 0 Å². The summed E-state index contributed by atoms with van der Waals surface area (Å²) in [6.07, 6.45) is 0.952. The molecule has 2 rings (SSSR count). The molecule has 1 heterocycles. The van der Waals surface area contributed by atoms with Crippen molar-refractivity contribution in [3.63, 3.8) is 0 Å². The highest BCUT2D eigenvalue weighted by molar-refractivity contribution is 5.33. The van der Waals surface area contributed by atoms with Crippen molar-refractivity contribution in [2.75, 3.05) is 7.11 Å². The van der Waals surface area contributed by atoms with E-state index in [1.54, 1.807) is 7.11 Å². The van der Waals surface area contributed by atoms with Crippen LogP contribution in [0.15, 0.2) is 12.1 Å². The minimum atomic E-state index is -0.402. The second-order valence-corrected chi connectivity index (χ2v) is 4.26. The van der Waals surface area contributed by atoms with Crippen LogP contribution >= 0.6 is 0 Å². The van der Waals surface area contributed by atoms with Crippen LogP contribution in [-0.4, -0.2) is 23.3 Å². The van der Waals surface area contributed by atoms with Crippen molar-refractivity contribution in [3.05, 3.63) is 23.4 Å².